The van der Waals surface area contributed by atoms with Gasteiger partial charge in [0.05, 0.1) is 43.7 Å². The van der Waals surface area contributed by atoms with Crippen molar-refractivity contribution in [1.82, 2.24) is 5.32 Å². The molecular weight excluding hydrogens is 384 g/mol. The van der Waals surface area contributed by atoms with Gasteiger partial charge in [-0.1, -0.05) is 6.58 Å². The summed E-state index contributed by atoms with van der Waals surface area (Å²) in [6.45, 7) is 14.7. The first kappa shape index (κ1) is 22.1. The van der Waals surface area contributed by atoms with Crippen molar-refractivity contribution in [2.24, 2.45) is 0 Å². The number of fused-ring (bicyclic) bond motifs is 1. The number of rotatable bonds is 8. The van der Waals surface area contributed by atoms with E-state index in [0.717, 1.165) is 49.4 Å². The molecule has 0 bridgehead atoms. The molecule has 1 aliphatic heterocycles. The highest BCUT2D eigenvalue weighted by Crippen LogP contribution is 2.31. The van der Waals surface area contributed by atoms with Gasteiger partial charge >= 0.3 is 5.63 Å². The predicted octanol–water partition coefficient (Wildman–Crippen LogP) is 0.939. The Labute approximate surface area is 176 Å². The van der Waals surface area contributed by atoms with Gasteiger partial charge in [-0.25, -0.2) is 4.79 Å². The summed E-state index contributed by atoms with van der Waals surface area (Å²) < 4.78 is 16.8. The number of morpholine rings is 1. The normalized spacial score (nSPS) is 14.6. The molecule has 0 radical (unpaired) electrons. The number of aryl methyl sites for hydroxylation is 2. The van der Waals surface area contributed by atoms with E-state index in [2.05, 4.69) is 11.9 Å². The maximum Gasteiger partial charge on any atom is 0.340 e. The number of benzene rings is 1. The van der Waals surface area contributed by atoms with Crippen molar-refractivity contribution in [3.05, 3.63) is 51.4 Å². The van der Waals surface area contributed by atoms with Crippen molar-refractivity contribution in [1.29, 1.82) is 0 Å². The number of carbonyl (C=O) groups is 1. The molecule has 1 aromatic heterocycles. The summed E-state index contributed by atoms with van der Waals surface area (Å²) in [6.07, 6.45) is -0.0175. The van der Waals surface area contributed by atoms with E-state index < -0.39 is 5.63 Å². The quantitative estimate of drug-likeness (QED) is 0.495. The van der Waals surface area contributed by atoms with Crippen LogP contribution in [0.4, 0.5) is 0 Å². The van der Waals surface area contributed by atoms with E-state index in [-0.39, 0.29) is 12.3 Å². The van der Waals surface area contributed by atoms with E-state index in [1.165, 1.54) is 4.90 Å². The van der Waals surface area contributed by atoms with Crippen LogP contribution < -0.4 is 20.6 Å². The van der Waals surface area contributed by atoms with Crippen molar-refractivity contribution in [3.63, 3.8) is 0 Å². The lowest BCUT2D eigenvalue weighted by Crippen LogP contribution is -3.14. The molecule has 0 spiro atoms. The summed E-state index contributed by atoms with van der Waals surface area (Å²) in [5.41, 5.74) is 2.88. The van der Waals surface area contributed by atoms with E-state index in [9.17, 15) is 9.59 Å². The van der Waals surface area contributed by atoms with Gasteiger partial charge < -0.3 is 24.1 Å². The molecule has 2 aromatic rings. The Bertz CT molecular complexity index is 989. The van der Waals surface area contributed by atoms with Crippen LogP contribution >= 0.6 is 0 Å². The molecule has 0 atom stereocenters. The molecule has 1 aliphatic rings. The molecule has 1 aromatic carbocycles. The van der Waals surface area contributed by atoms with Crippen LogP contribution in [0.3, 0.4) is 0 Å². The molecule has 1 saturated heterocycles. The zero-order valence-corrected chi connectivity index (χ0v) is 18.1. The van der Waals surface area contributed by atoms with Crippen molar-refractivity contribution in [2.75, 3.05) is 46.0 Å². The van der Waals surface area contributed by atoms with E-state index in [1.807, 2.05) is 32.9 Å². The molecule has 3 rings (SSSR count). The fourth-order valence-electron chi connectivity index (χ4n) is 3.67. The van der Waals surface area contributed by atoms with Crippen molar-refractivity contribution in [3.8, 4) is 5.75 Å². The third-order valence-corrected chi connectivity index (χ3v) is 5.30. The average Bonchev–Trinajstić information content (AvgIpc) is 2.69. The van der Waals surface area contributed by atoms with Crippen LogP contribution in [0.15, 0.2) is 33.5 Å². The van der Waals surface area contributed by atoms with Crippen LogP contribution in [0.25, 0.3) is 11.0 Å². The molecule has 1 fully saturated rings. The molecule has 7 heteroatoms. The van der Waals surface area contributed by atoms with E-state index >= 15 is 0 Å². The summed E-state index contributed by atoms with van der Waals surface area (Å²) in [4.78, 5) is 26.5. The molecule has 1 amide bonds. The zero-order valence-electron chi connectivity index (χ0n) is 18.1. The molecule has 0 unspecified atom stereocenters. The summed E-state index contributed by atoms with van der Waals surface area (Å²) >= 11 is 0. The number of hydrogen-bond acceptors (Lipinski definition) is 5. The van der Waals surface area contributed by atoms with Crippen LogP contribution in [0.2, 0.25) is 0 Å². The summed E-state index contributed by atoms with van der Waals surface area (Å²) in [7, 11) is 0. The van der Waals surface area contributed by atoms with Gasteiger partial charge in [0.1, 0.15) is 31.0 Å². The van der Waals surface area contributed by atoms with Crippen LogP contribution in [0, 0.1) is 13.8 Å². The number of carbonyl (C=O) groups excluding carboxylic acids is 1. The minimum atomic E-state index is -0.481. The second-order valence-corrected chi connectivity index (χ2v) is 8.01. The number of amides is 1. The van der Waals surface area contributed by atoms with Crippen LogP contribution in [-0.2, 0) is 16.0 Å². The maximum atomic E-state index is 12.6. The van der Waals surface area contributed by atoms with Gasteiger partial charge in [0.15, 0.2) is 0 Å². The first-order valence-corrected chi connectivity index (χ1v) is 10.4. The number of quaternary nitrogens is 1. The van der Waals surface area contributed by atoms with Crippen molar-refractivity contribution < 1.29 is 23.6 Å². The predicted molar refractivity (Wildman–Crippen MR) is 115 cm³/mol. The fourth-order valence-corrected chi connectivity index (χ4v) is 3.67. The van der Waals surface area contributed by atoms with Gasteiger partial charge in [-0.3, -0.25) is 4.79 Å². The SMILES string of the molecule is C=C(C)COc1cc(C)cc2oc(=O)c(CC(=O)NCC[NH+]3CCOCC3)c(C)c12. The second-order valence-electron chi connectivity index (χ2n) is 8.01. The molecule has 7 nitrogen and oxygen atoms in total. The average molecular weight is 416 g/mol. The third kappa shape index (κ3) is 5.49. The second kappa shape index (κ2) is 9.91. The molecule has 2 heterocycles. The van der Waals surface area contributed by atoms with Gasteiger partial charge in [-0.05, 0) is 49.6 Å². The first-order chi connectivity index (χ1) is 14.3. The Morgan fingerprint density at radius 1 is 1.27 bits per heavy atom. The minimum absolute atomic E-state index is 0.0175. The van der Waals surface area contributed by atoms with Crippen molar-refractivity contribution in [2.45, 2.75) is 27.2 Å². The van der Waals surface area contributed by atoms with Crippen LogP contribution in [-0.4, -0.2) is 51.9 Å². The van der Waals surface area contributed by atoms with Crippen molar-refractivity contribution >= 4 is 16.9 Å². The molecule has 0 aliphatic carbocycles. The minimum Gasteiger partial charge on any atom is -0.488 e. The highest BCUT2D eigenvalue weighted by atomic mass is 16.5. The first-order valence-electron chi connectivity index (χ1n) is 10.4. The van der Waals surface area contributed by atoms with Gasteiger partial charge in [0, 0.05) is 0 Å². The van der Waals surface area contributed by atoms with Gasteiger partial charge in [-0.15, -0.1) is 0 Å². The molecule has 2 N–H and O–H groups in total. The van der Waals surface area contributed by atoms with Crippen LogP contribution in [0.5, 0.6) is 5.75 Å². The smallest absolute Gasteiger partial charge is 0.340 e. The summed E-state index contributed by atoms with van der Waals surface area (Å²) in [5, 5.41) is 3.64. The number of nitrogens with one attached hydrogen (secondary N) is 2. The Kier molecular flexibility index (Phi) is 7.29. The Balaban J connectivity index is 1.76. The molecule has 162 valence electrons. The third-order valence-electron chi connectivity index (χ3n) is 5.30. The van der Waals surface area contributed by atoms with Crippen LogP contribution in [0.1, 0.15) is 23.6 Å². The highest BCUT2D eigenvalue weighted by Gasteiger charge is 2.19. The van der Waals surface area contributed by atoms with E-state index in [0.29, 0.717) is 35.6 Å². The van der Waals surface area contributed by atoms with E-state index in [1.54, 1.807) is 0 Å². The number of ether oxygens (including phenoxy) is 2. The van der Waals surface area contributed by atoms with E-state index in [4.69, 9.17) is 13.9 Å². The molecular formula is C23H31N2O5+. The number of hydrogen-bond donors (Lipinski definition) is 2. The topological polar surface area (TPSA) is 82.2 Å². The summed E-state index contributed by atoms with van der Waals surface area (Å²) in [5.74, 6) is 0.445. The molecule has 0 saturated carbocycles. The van der Waals surface area contributed by atoms with Gasteiger partial charge in [0.25, 0.3) is 0 Å². The monoisotopic (exact) mass is 415 g/mol. The zero-order chi connectivity index (χ0) is 21.7. The lowest BCUT2D eigenvalue weighted by Gasteiger charge is -2.23. The lowest BCUT2D eigenvalue weighted by atomic mass is 10.0. The lowest BCUT2D eigenvalue weighted by molar-refractivity contribution is -0.906. The van der Waals surface area contributed by atoms with Gasteiger partial charge in [-0.2, -0.15) is 0 Å². The Morgan fingerprint density at radius 3 is 2.70 bits per heavy atom. The molecule has 30 heavy (non-hydrogen) atoms. The van der Waals surface area contributed by atoms with Gasteiger partial charge in [0.2, 0.25) is 5.91 Å². The summed E-state index contributed by atoms with van der Waals surface area (Å²) in [6, 6.07) is 3.72. The maximum absolute atomic E-state index is 12.6. The Morgan fingerprint density at radius 2 is 2.00 bits per heavy atom. The highest BCUT2D eigenvalue weighted by molar-refractivity contribution is 5.89. The largest absolute Gasteiger partial charge is 0.488 e. The fraction of sp³-hybridized carbons (Fsp3) is 0.478. The Hall–Kier alpha value is -2.64. The standard InChI is InChI=1S/C23H30N2O5/c1-15(2)14-29-19-11-16(3)12-20-22(19)17(4)18(23(27)30-20)13-21(26)24-5-6-25-7-9-28-10-8-25/h11-12H,1,5-10,13-14H2,2-4H3,(H,24,26)/p+1.